The van der Waals surface area contributed by atoms with Crippen molar-refractivity contribution in [1.29, 1.82) is 0 Å². The van der Waals surface area contributed by atoms with Crippen LogP contribution in [-0.2, 0) is 0 Å². The monoisotopic (exact) mass is 234 g/mol. The summed E-state index contributed by atoms with van der Waals surface area (Å²) in [6.07, 6.45) is 0. The van der Waals surface area contributed by atoms with Crippen LogP contribution in [-0.4, -0.2) is 36.1 Å². The lowest BCUT2D eigenvalue weighted by Crippen LogP contribution is -2.27. The summed E-state index contributed by atoms with van der Waals surface area (Å²) in [5, 5.41) is 2.93. The average Bonchev–Trinajstić information content (AvgIpc) is 2.59. The van der Waals surface area contributed by atoms with Crippen molar-refractivity contribution in [3.8, 4) is 5.19 Å². The van der Waals surface area contributed by atoms with Crippen molar-refractivity contribution in [2.24, 2.45) is 0 Å². The molecule has 0 bridgehead atoms. The maximum Gasteiger partial charge on any atom is 0.274 e. The van der Waals surface area contributed by atoms with E-state index in [4.69, 9.17) is 16.3 Å². The molecule has 5 heteroatoms. The van der Waals surface area contributed by atoms with Gasteiger partial charge in [0, 0.05) is 11.9 Å². The predicted octanol–water partition coefficient (Wildman–Crippen LogP) is 2.52. The van der Waals surface area contributed by atoms with Gasteiger partial charge in [-0.2, -0.15) is 4.98 Å². The largest absolute Gasteiger partial charge is 0.469 e. The van der Waals surface area contributed by atoms with Gasteiger partial charge in [-0.15, -0.1) is 0 Å². The molecule has 80 valence electrons. The predicted molar refractivity (Wildman–Crippen MR) is 60.4 cm³/mol. The summed E-state index contributed by atoms with van der Waals surface area (Å²) >= 11 is 7.10. The molecule has 0 saturated carbocycles. The van der Waals surface area contributed by atoms with Crippen LogP contribution in [0, 0.1) is 0 Å². The standard InChI is InChI=1S/C9H15ClN2OS/c1-3-12(4-2)5-6-13-9-11-8(10)7-14-9/h7H,3-6H2,1-2H3. The molecular formula is C9H15ClN2OS. The highest BCUT2D eigenvalue weighted by atomic mass is 35.5. The van der Waals surface area contributed by atoms with E-state index in [0.29, 0.717) is 17.0 Å². The van der Waals surface area contributed by atoms with Crippen LogP contribution in [0.2, 0.25) is 5.15 Å². The molecule has 0 aliphatic heterocycles. The minimum absolute atomic E-state index is 0.507. The average molecular weight is 235 g/mol. The normalized spacial score (nSPS) is 10.9. The van der Waals surface area contributed by atoms with Gasteiger partial charge in [0.05, 0.1) is 0 Å². The first-order valence-corrected chi connectivity index (χ1v) is 5.98. The number of hydrogen-bond donors (Lipinski definition) is 0. The Hall–Kier alpha value is -0.320. The summed E-state index contributed by atoms with van der Waals surface area (Å²) in [6.45, 7) is 8.00. The number of ether oxygens (including phenoxy) is 1. The first kappa shape index (κ1) is 11.8. The van der Waals surface area contributed by atoms with Gasteiger partial charge in [-0.25, -0.2) is 0 Å². The Kier molecular flexibility index (Phi) is 5.22. The van der Waals surface area contributed by atoms with Gasteiger partial charge in [0.15, 0.2) is 0 Å². The van der Waals surface area contributed by atoms with E-state index in [1.807, 2.05) is 0 Å². The first-order valence-electron chi connectivity index (χ1n) is 4.72. The molecule has 0 amide bonds. The maximum absolute atomic E-state index is 5.67. The summed E-state index contributed by atoms with van der Waals surface area (Å²) < 4.78 is 5.44. The van der Waals surface area contributed by atoms with Crippen LogP contribution in [0.5, 0.6) is 5.19 Å². The summed E-state index contributed by atoms with van der Waals surface area (Å²) in [5.74, 6) is 0. The molecule has 0 unspecified atom stereocenters. The Labute approximate surface area is 93.7 Å². The molecule has 14 heavy (non-hydrogen) atoms. The van der Waals surface area contributed by atoms with E-state index >= 15 is 0 Å². The van der Waals surface area contributed by atoms with E-state index in [9.17, 15) is 0 Å². The molecule has 0 N–H and O–H groups in total. The zero-order chi connectivity index (χ0) is 10.4. The lowest BCUT2D eigenvalue weighted by Gasteiger charge is -2.17. The fourth-order valence-corrected chi connectivity index (χ4v) is 1.92. The summed E-state index contributed by atoms with van der Waals surface area (Å²) in [5.41, 5.74) is 0. The van der Waals surface area contributed by atoms with Gasteiger partial charge in [-0.05, 0) is 13.1 Å². The van der Waals surface area contributed by atoms with E-state index in [2.05, 4.69) is 23.7 Å². The van der Waals surface area contributed by atoms with Crippen molar-refractivity contribution >= 4 is 22.9 Å². The SMILES string of the molecule is CCN(CC)CCOc1nc(Cl)cs1. The first-order chi connectivity index (χ1) is 6.76. The van der Waals surface area contributed by atoms with Crippen LogP contribution in [0.15, 0.2) is 5.38 Å². The van der Waals surface area contributed by atoms with Crippen molar-refractivity contribution in [3.63, 3.8) is 0 Å². The Morgan fingerprint density at radius 1 is 1.50 bits per heavy atom. The Morgan fingerprint density at radius 3 is 2.71 bits per heavy atom. The second kappa shape index (κ2) is 6.22. The van der Waals surface area contributed by atoms with Gasteiger partial charge in [0.25, 0.3) is 5.19 Å². The molecule has 0 aliphatic rings. The molecule has 1 heterocycles. The second-order valence-electron chi connectivity index (χ2n) is 2.81. The van der Waals surface area contributed by atoms with E-state index in [1.54, 1.807) is 5.38 Å². The number of halogens is 1. The van der Waals surface area contributed by atoms with Crippen LogP contribution >= 0.6 is 22.9 Å². The van der Waals surface area contributed by atoms with Gasteiger partial charge >= 0.3 is 0 Å². The van der Waals surface area contributed by atoms with Crippen LogP contribution < -0.4 is 4.74 Å². The van der Waals surface area contributed by atoms with Crippen molar-refractivity contribution in [2.45, 2.75) is 13.8 Å². The van der Waals surface area contributed by atoms with E-state index in [1.165, 1.54) is 11.3 Å². The number of likely N-dealkylation sites (N-methyl/N-ethyl adjacent to an activating group) is 1. The molecule has 0 fully saturated rings. The van der Waals surface area contributed by atoms with Crippen molar-refractivity contribution < 1.29 is 4.74 Å². The fraction of sp³-hybridized carbons (Fsp3) is 0.667. The van der Waals surface area contributed by atoms with Gasteiger partial charge in [-0.3, -0.25) is 0 Å². The highest BCUT2D eigenvalue weighted by Crippen LogP contribution is 2.20. The molecule has 1 rings (SSSR count). The molecule has 0 aromatic carbocycles. The molecule has 0 spiro atoms. The molecule has 0 radical (unpaired) electrons. The molecule has 1 aromatic rings. The summed E-state index contributed by atoms with van der Waals surface area (Å²) in [7, 11) is 0. The van der Waals surface area contributed by atoms with Crippen LogP contribution in [0.4, 0.5) is 0 Å². The number of nitrogens with zero attached hydrogens (tertiary/aromatic N) is 2. The lowest BCUT2D eigenvalue weighted by atomic mass is 10.5. The highest BCUT2D eigenvalue weighted by Gasteiger charge is 2.02. The van der Waals surface area contributed by atoms with E-state index in [-0.39, 0.29) is 0 Å². The second-order valence-corrected chi connectivity index (χ2v) is 4.02. The van der Waals surface area contributed by atoms with Crippen LogP contribution in [0.25, 0.3) is 0 Å². The highest BCUT2D eigenvalue weighted by molar-refractivity contribution is 7.11. The van der Waals surface area contributed by atoms with Crippen molar-refractivity contribution in [2.75, 3.05) is 26.2 Å². The summed E-state index contributed by atoms with van der Waals surface area (Å²) in [6, 6.07) is 0. The topological polar surface area (TPSA) is 25.4 Å². The Balaban J connectivity index is 2.21. The molecule has 0 saturated heterocycles. The Morgan fingerprint density at radius 2 is 2.21 bits per heavy atom. The van der Waals surface area contributed by atoms with Crippen LogP contribution in [0.3, 0.4) is 0 Å². The van der Waals surface area contributed by atoms with Crippen molar-refractivity contribution in [1.82, 2.24) is 9.88 Å². The van der Waals surface area contributed by atoms with Gasteiger partial charge in [-0.1, -0.05) is 36.8 Å². The molecule has 0 atom stereocenters. The number of rotatable bonds is 6. The third-order valence-electron chi connectivity index (χ3n) is 1.98. The minimum atomic E-state index is 0.507. The number of thiazole rings is 1. The van der Waals surface area contributed by atoms with Gasteiger partial charge in [0.1, 0.15) is 11.8 Å². The van der Waals surface area contributed by atoms with E-state index in [0.717, 1.165) is 19.6 Å². The number of hydrogen-bond acceptors (Lipinski definition) is 4. The molecule has 3 nitrogen and oxygen atoms in total. The van der Waals surface area contributed by atoms with E-state index < -0.39 is 0 Å². The third kappa shape index (κ3) is 3.82. The fourth-order valence-electron chi connectivity index (χ4n) is 1.11. The number of aromatic nitrogens is 1. The molecule has 0 aliphatic carbocycles. The van der Waals surface area contributed by atoms with Crippen molar-refractivity contribution in [3.05, 3.63) is 10.5 Å². The lowest BCUT2D eigenvalue weighted by molar-refractivity contribution is 0.222. The summed E-state index contributed by atoms with van der Waals surface area (Å²) in [4.78, 5) is 6.30. The third-order valence-corrected chi connectivity index (χ3v) is 3.06. The smallest absolute Gasteiger partial charge is 0.274 e. The Bertz CT molecular complexity index is 263. The van der Waals surface area contributed by atoms with Gasteiger partial charge < -0.3 is 9.64 Å². The zero-order valence-electron chi connectivity index (χ0n) is 8.49. The maximum atomic E-state index is 5.67. The minimum Gasteiger partial charge on any atom is -0.469 e. The quantitative estimate of drug-likeness (QED) is 0.757. The van der Waals surface area contributed by atoms with Gasteiger partial charge in [0.2, 0.25) is 0 Å². The molecule has 1 aromatic heterocycles. The zero-order valence-corrected chi connectivity index (χ0v) is 10.1. The molecular weight excluding hydrogens is 220 g/mol. The van der Waals surface area contributed by atoms with Crippen LogP contribution in [0.1, 0.15) is 13.8 Å².